The largest absolute Gasteiger partial charge is 0.497 e. The van der Waals surface area contributed by atoms with Gasteiger partial charge >= 0.3 is 5.69 Å². The van der Waals surface area contributed by atoms with E-state index in [9.17, 15) is 14.9 Å². The summed E-state index contributed by atoms with van der Waals surface area (Å²) < 4.78 is 8.37. The lowest BCUT2D eigenvalue weighted by Gasteiger charge is -2.08. The number of nitrogens with one attached hydrogen (secondary N) is 1. The van der Waals surface area contributed by atoms with Gasteiger partial charge in [0, 0.05) is 6.54 Å². The van der Waals surface area contributed by atoms with Crippen LogP contribution in [0.1, 0.15) is 34.4 Å². The molecule has 152 valence electrons. The Labute approximate surface area is 167 Å². The molecule has 0 atom stereocenters. The van der Waals surface area contributed by atoms with E-state index in [1.807, 2.05) is 31.2 Å². The minimum Gasteiger partial charge on any atom is -0.497 e. The molecular formula is C19H22N6O4. The minimum atomic E-state index is -0.643. The summed E-state index contributed by atoms with van der Waals surface area (Å²) in [6.07, 6.45) is 1.25. The summed E-state index contributed by atoms with van der Waals surface area (Å²) in [5.74, 6) is 0.104. The Morgan fingerprint density at radius 1 is 1.31 bits per heavy atom. The number of hydrogen-bond donors (Lipinski definition) is 1. The summed E-state index contributed by atoms with van der Waals surface area (Å²) in [6.45, 7) is 6.29. The van der Waals surface area contributed by atoms with E-state index < -0.39 is 10.8 Å². The van der Waals surface area contributed by atoms with Gasteiger partial charge in [0.2, 0.25) is 5.69 Å². The van der Waals surface area contributed by atoms with Gasteiger partial charge in [-0.1, -0.05) is 12.1 Å². The molecule has 0 aliphatic rings. The van der Waals surface area contributed by atoms with Crippen molar-refractivity contribution in [2.75, 3.05) is 12.4 Å². The van der Waals surface area contributed by atoms with E-state index in [4.69, 9.17) is 4.74 Å². The van der Waals surface area contributed by atoms with Crippen LogP contribution < -0.4 is 10.1 Å². The quantitative estimate of drug-likeness (QED) is 0.483. The molecule has 2 aromatic heterocycles. The molecule has 3 rings (SSSR count). The zero-order valence-corrected chi connectivity index (χ0v) is 16.7. The van der Waals surface area contributed by atoms with Crippen molar-refractivity contribution in [3.63, 3.8) is 0 Å². The van der Waals surface area contributed by atoms with Crippen LogP contribution in [0.2, 0.25) is 0 Å². The summed E-state index contributed by atoms with van der Waals surface area (Å²) in [4.78, 5) is 23.3. The molecule has 29 heavy (non-hydrogen) atoms. The van der Waals surface area contributed by atoms with Gasteiger partial charge in [-0.15, -0.1) is 0 Å². The first-order chi connectivity index (χ1) is 13.8. The molecule has 1 amide bonds. The standard InChI is InChI=1S/C19H22N6O4/c1-5-23-11-16(25(27)28)18(22-23)19(26)20-17-12(2)21-24(13(17)3)10-14-7-6-8-15(9-14)29-4/h6-9,11H,5,10H2,1-4H3,(H,20,26). The molecular weight excluding hydrogens is 376 g/mol. The maximum atomic E-state index is 12.7. The summed E-state index contributed by atoms with van der Waals surface area (Å²) in [5, 5.41) is 22.5. The predicted octanol–water partition coefficient (Wildman–Crippen LogP) is 2.93. The second-order valence-corrected chi connectivity index (χ2v) is 6.48. The van der Waals surface area contributed by atoms with Gasteiger partial charge in [0.25, 0.3) is 5.91 Å². The molecule has 2 heterocycles. The highest BCUT2D eigenvalue weighted by Crippen LogP contribution is 2.24. The molecule has 0 saturated heterocycles. The maximum Gasteiger partial charge on any atom is 0.320 e. The molecule has 10 nitrogen and oxygen atoms in total. The van der Waals surface area contributed by atoms with Crippen LogP contribution >= 0.6 is 0 Å². The van der Waals surface area contributed by atoms with Gasteiger partial charge in [0.1, 0.15) is 11.9 Å². The fourth-order valence-electron chi connectivity index (χ4n) is 3.02. The zero-order chi connectivity index (χ0) is 21.1. The van der Waals surface area contributed by atoms with Gasteiger partial charge in [-0.25, -0.2) is 0 Å². The van der Waals surface area contributed by atoms with Gasteiger partial charge in [0.15, 0.2) is 0 Å². The molecule has 10 heteroatoms. The van der Waals surface area contributed by atoms with Gasteiger partial charge < -0.3 is 10.1 Å². The third-order valence-electron chi connectivity index (χ3n) is 4.56. The van der Waals surface area contributed by atoms with E-state index in [1.54, 1.807) is 25.6 Å². The van der Waals surface area contributed by atoms with Crippen molar-refractivity contribution in [3.05, 3.63) is 63.2 Å². The highest BCUT2D eigenvalue weighted by atomic mass is 16.6. The number of anilines is 1. The second-order valence-electron chi connectivity index (χ2n) is 6.48. The van der Waals surface area contributed by atoms with Crippen molar-refractivity contribution >= 4 is 17.3 Å². The molecule has 0 radical (unpaired) electrons. The molecule has 0 unspecified atom stereocenters. The van der Waals surface area contributed by atoms with Crippen LogP contribution in [0.4, 0.5) is 11.4 Å². The van der Waals surface area contributed by atoms with Gasteiger partial charge in [0.05, 0.1) is 35.7 Å². The molecule has 3 aromatic rings. The van der Waals surface area contributed by atoms with Crippen molar-refractivity contribution in [3.8, 4) is 5.75 Å². The van der Waals surface area contributed by atoms with Crippen molar-refractivity contribution < 1.29 is 14.5 Å². The number of methoxy groups -OCH3 is 1. The van der Waals surface area contributed by atoms with Crippen LogP contribution in [0, 0.1) is 24.0 Å². The Balaban J connectivity index is 1.86. The number of amides is 1. The van der Waals surface area contributed by atoms with Crippen LogP contribution in [0.25, 0.3) is 0 Å². The molecule has 0 fully saturated rings. The Hall–Kier alpha value is -3.69. The summed E-state index contributed by atoms with van der Waals surface area (Å²) >= 11 is 0. The summed E-state index contributed by atoms with van der Waals surface area (Å²) in [5.41, 5.74) is 2.29. The number of carbonyl (C=O) groups is 1. The van der Waals surface area contributed by atoms with Crippen molar-refractivity contribution in [1.82, 2.24) is 19.6 Å². The first kappa shape index (κ1) is 20.1. The number of benzene rings is 1. The van der Waals surface area contributed by atoms with Crippen molar-refractivity contribution in [1.29, 1.82) is 0 Å². The normalized spacial score (nSPS) is 10.8. The van der Waals surface area contributed by atoms with Crippen LogP contribution in [0.3, 0.4) is 0 Å². The highest BCUT2D eigenvalue weighted by molar-refractivity contribution is 6.06. The average Bonchev–Trinajstić information content (AvgIpc) is 3.25. The first-order valence-electron chi connectivity index (χ1n) is 9.04. The molecule has 0 aliphatic heterocycles. The van der Waals surface area contributed by atoms with E-state index in [0.29, 0.717) is 24.5 Å². The number of carbonyl (C=O) groups excluding carboxylic acids is 1. The summed E-state index contributed by atoms with van der Waals surface area (Å²) in [7, 11) is 1.61. The maximum absolute atomic E-state index is 12.7. The molecule has 1 aromatic carbocycles. The number of aryl methyl sites for hydroxylation is 2. The lowest BCUT2D eigenvalue weighted by Crippen LogP contribution is -2.16. The minimum absolute atomic E-state index is 0.226. The van der Waals surface area contributed by atoms with E-state index >= 15 is 0 Å². The highest BCUT2D eigenvalue weighted by Gasteiger charge is 2.27. The van der Waals surface area contributed by atoms with Crippen molar-refractivity contribution in [2.24, 2.45) is 0 Å². The number of ether oxygens (including phenoxy) is 1. The lowest BCUT2D eigenvalue weighted by molar-refractivity contribution is -0.385. The Morgan fingerprint density at radius 2 is 2.07 bits per heavy atom. The number of aromatic nitrogens is 4. The first-order valence-corrected chi connectivity index (χ1v) is 9.04. The monoisotopic (exact) mass is 398 g/mol. The summed E-state index contributed by atoms with van der Waals surface area (Å²) in [6, 6.07) is 7.62. The van der Waals surface area contributed by atoms with Crippen LogP contribution in [-0.2, 0) is 13.1 Å². The smallest absolute Gasteiger partial charge is 0.320 e. The van der Waals surface area contributed by atoms with E-state index in [0.717, 1.165) is 17.0 Å². The van der Waals surface area contributed by atoms with E-state index in [2.05, 4.69) is 15.5 Å². The molecule has 0 spiro atoms. The third-order valence-corrected chi connectivity index (χ3v) is 4.56. The fraction of sp³-hybridized carbons (Fsp3) is 0.316. The number of rotatable bonds is 7. The van der Waals surface area contributed by atoms with Gasteiger partial charge in [-0.3, -0.25) is 24.3 Å². The van der Waals surface area contributed by atoms with Crippen LogP contribution in [-0.4, -0.2) is 37.5 Å². The molecule has 0 saturated carbocycles. The zero-order valence-electron chi connectivity index (χ0n) is 16.7. The number of nitro groups is 1. The molecule has 0 bridgehead atoms. The number of nitrogens with zero attached hydrogens (tertiary/aromatic N) is 5. The van der Waals surface area contributed by atoms with Gasteiger partial charge in [-0.05, 0) is 38.5 Å². The Bertz CT molecular complexity index is 1070. The average molecular weight is 398 g/mol. The Kier molecular flexibility index (Phi) is 5.62. The molecule has 1 N–H and O–H groups in total. The van der Waals surface area contributed by atoms with Crippen molar-refractivity contribution in [2.45, 2.75) is 33.9 Å². The fourth-order valence-corrected chi connectivity index (χ4v) is 3.02. The van der Waals surface area contributed by atoms with Crippen LogP contribution in [0.5, 0.6) is 5.75 Å². The van der Waals surface area contributed by atoms with E-state index in [1.165, 1.54) is 10.9 Å². The van der Waals surface area contributed by atoms with Gasteiger partial charge in [-0.2, -0.15) is 10.2 Å². The van der Waals surface area contributed by atoms with Crippen LogP contribution in [0.15, 0.2) is 30.5 Å². The Morgan fingerprint density at radius 3 is 2.72 bits per heavy atom. The molecule has 0 aliphatic carbocycles. The second kappa shape index (κ2) is 8.13. The number of hydrogen-bond acceptors (Lipinski definition) is 6. The predicted molar refractivity (Wildman–Crippen MR) is 106 cm³/mol. The van der Waals surface area contributed by atoms with E-state index in [-0.39, 0.29) is 11.4 Å². The third kappa shape index (κ3) is 4.10. The topological polar surface area (TPSA) is 117 Å². The SMILES string of the molecule is CCn1cc([N+](=O)[O-])c(C(=O)Nc2c(C)nn(Cc3cccc(OC)c3)c2C)n1. The lowest BCUT2D eigenvalue weighted by atomic mass is 10.2.